The van der Waals surface area contributed by atoms with Crippen LogP contribution in [-0.4, -0.2) is 16.6 Å². The molecule has 2 aromatic heterocycles. The third kappa shape index (κ3) is 2.65. The molecule has 2 aromatic rings. The molecule has 18 heavy (non-hydrogen) atoms. The van der Waals surface area contributed by atoms with Crippen LogP contribution in [0.25, 0.3) is 0 Å². The highest BCUT2D eigenvalue weighted by molar-refractivity contribution is 5.36. The molecule has 94 valence electrons. The van der Waals surface area contributed by atoms with E-state index in [1.165, 1.54) is 0 Å². The molecule has 4 nitrogen and oxygen atoms in total. The Bertz CT molecular complexity index is 528. The summed E-state index contributed by atoms with van der Waals surface area (Å²) in [6.07, 6.45) is 7.03. The molecule has 0 saturated carbocycles. The standard InChI is InChI=1S/C14H17N3O/c1-3-18-12-6-11(8-17-9-12)14(15)13-4-5-16-7-10(13)2/h4-9,14H,3,15H2,1-2H3. The summed E-state index contributed by atoms with van der Waals surface area (Å²) in [5.74, 6) is 0.747. The summed E-state index contributed by atoms with van der Waals surface area (Å²) >= 11 is 0. The number of pyridine rings is 2. The van der Waals surface area contributed by atoms with Crippen LogP contribution in [0.1, 0.15) is 29.7 Å². The molecule has 0 aliphatic carbocycles. The molecule has 0 spiro atoms. The van der Waals surface area contributed by atoms with E-state index < -0.39 is 0 Å². The van der Waals surface area contributed by atoms with Gasteiger partial charge in [0.25, 0.3) is 0 Å². The van der Waals surface area contributed by atoms with Crippen LogP contribution in [0.5, 0.6) is 5.75 Å². The average molecular weight is 243 g/mol. The summed E-state index contributed by atoms with van der Waals surface area (Å²) in [5.41, 5.74) is 9.33. The van der Waals surface area contributed by atoms with E-state index in [1.807, 2.05) is 32.2 Å². The van der Waals surface area contributed by atoms with Crippen molar-refractivity contribution in [1.82, 2.24) is 9.97 Å². The second-order valence-electron chi connectivity index (χ2n) is 4.10. The fraction of sp³-hybridized carbons (Fsp3) is 0.286. The molecule has 2 heterocycles. The van der Waals surface area contributed by atoms with Crippen LogP contribution in [-0.2, 0) is 0 Å². The second-order valence-corrected chi connectivity index (χ2v) is 4.10. The first kappa shape index (κ1) is 12.5. The third-order valence-corrected chi connectivity index (χ3v) is 2.80. The lowest BCUT2D eigenvalue weighted by atomic mass is 9.98. The lowest BCUT2D eigenvalue weighted by Crippen LogP contribution is -2.14. The van der Waals surface area contributed by atoms with Crippen molar-refractivity contribution >= 4 is 0 Å². The van der Waals surface area contributed by atoms with Crippen LogP contribution in [0.15, 0.2) is 36.9 Å². The van der Waals surface area contributed by atoms with Gasteiger partial charge in [0.05, 0.1) is 18.8 Å². The number of nitrogens with two attached hydrogens (primary N) is 1. The summed E-state index contributed by atoms with van der Waals surface area (Å²) in [7, 11) is 0. The highest BCUT2D eigenvalue weighted by atomic mass is 16.5. The number of aromatic nitrogens is 2. The van der Waals surface area contributed by atoms with Gasteiger partial charge in [-0.2, -0.15) is 0 Å². The van der Waals surface area contributed by atoms with Crippen molar-refractivity contribution in [3.8, 4) is 5.75 Å². The van der Waals surface area contributed by atoms with E-state index in [0.717, 1.165) is 22.4 Å². The van der Waals surface area contributed by atoms with Crippen LogP contribution in [0.3, 0.4) is 0 Å². The van der Waals surface area contributed by atoms with E-state index in [1.54, 1.807) is 18.6 Å². The Morgan fingerprint density at radius 2 is 2.11 bits per heavy atom. The molecule has 0 saturated heterocycles. The van der Waals surface area contributed by atoms with Crippen LogP contribution in [0.4, 0.5) is 0 Å². The zero-order chi connectivity index (χ0) is 13.0. The Morgan fingerprint density at radius 3 is 2.83 bits per heavy atom. The van der Waals surface area contributed by atoms with Crippen LogP contribution in [0.2, 0.25) is 0 Å². The van der Waals surface area contributed by atoms with E-state index in [4.69, 9.17) is 10.5 Å². The predicted octanol–water partition coefficient (Wildman–Crippen LogP) is 2.23. The number of hydrogen-bond acceptors (Lipinski definition) is 4. The summed E-state index contributed by atoms with van der Waals surface area (Å²) in [4.78, 5) is 8.23. The average Bonchev–Trinajstić information content (AvgIpc) is 2.39. The van der Waals surface area contributed by atoms with Crippen molar-refractivity contribution in [2.24, 2.45) is 5.73 Å². The number of ether oxygens (including phenoxy) is 1. The summed E-state index contributed by atoms with van der Waals surface area (Å²) in [6, 6.07) is 3.66. The van der Waals surface area contributed by atoms with Crippen LogP contribution in [0, 0.1) is 6.92 Å². The van der Waals surface area contributed by atoms with Gasteiger partial charge in [0.15, 0.2) is 0 Å². The Hall–Kier alpha value is -1.94. The first-order chi connectivity index (χ1) is 8.72. The van der Waals surface area contributed by atoms with Gasteiger partial charge in [-0.25, -0.2) is 0 Å². The van der Waals surface area contributed by atoms with Gasteiger partial charge < -0.3 is 10.5 Å². The molecule has 0 aliphatic rings. The minimum atomic E-state index is -0.207. The number of nitrogens with zero attached hydrogens (tertiary/aromatic N) is 2. The van der Waals surface area contributed by atoms with E-state index in [9.17, 15) is 0 Å². The summed E-state index contributed by atoms with van der Waals surface area (Å²) in [5, 5.41) is 0. The maximum absolute atomic E-state index is 6.26. The molecule has 1 unspecified atom stereocenters. The first-order valence-electron chi connectivity index (χ1n) is 5.96. The molecule has 4 heteroatoms. The highest BCUT2D eigenvalue weighted by Crippen LogP contribution is 2.23. The maximum atomic E-state index is 6.26. The monoisotopic (exact) mass is 243 g/mol. The second kappa shape index (κ2) is 5.60. The fourth-order valence-electron chi connectivity index (χ4n) is 1.86. The molecule has 2 rings (SSSR count). The molecule has 2 N–H and O–H groups in total. The van der Waals surface area contributed by atoms with Crippen molar-refractivity contribution in [3.05, 3.63) is 53.6 Å². The van der Waals surface area contributed by atoms with Crippen LogP contribution >= 0.6 is 0 Å². The number of hydrogen-bond donors (Lipinski definition) is 1. The van der Waals surface area contributed by atoms with Gasteiger partial charge in [0.2, 0.25) is 0 Å². The maximum Gasteiger partial charge on any atom is 0.137 e. The van der Waals surface area contributed by atoms with Gasteiger partial charge in [-0.05, 0) is 42.7 Å². The van der Waals surface area contributed by atoms with Crippen molar-refractivity contribution in [1.29, 1.82) is 0 Å². The lowest BCUT2D eigenvalue weighted by molar-refractivity contribution is 0.338. The largest absolute Gasteiger partial charge is 0.492 e. The predicted molar refractivity (Wildman–Crippen MR) is 70.4 cm³/mol. The molecule has 1 atom stereocenters. The van der Waals surface area contributed by atoms with E-state index >= 15 is 0 Å². The highest BCUT2D eigenvalue weighted by Gasteiger charge is 2.12. The van der Waals surface area contributed by atoms with Gasteiger partial charge in [0, 0.05) is 18.6 Å². The van der Waals surface area contributed by atoms with Crippen LogP contribution < -0.4 is 10.5 Å². The minimum absolute atomic E-state index is 0.207. The molecule has 0 aromatic carbocycles. The summed E-state index contributed by atoms with van der Waals surface area (Å²) in [6.45, 7) is 4.57. The third-order valence-electron chi connectivity index (χ3n) is 2.80. The van der Waals surface area contributed by atoms with Gasteiger partial charge in [-0.15, -0.1) is 0 Å². The molecule has 0 radical (unpaired) electrons. The molecule has 0 aliphatic heterocycles. The van der Waals surface area contributed by atoms with Crippen molar-refractivity contribution in [3.63, 3.8) is 0 Å². The zero-order valence-corrected chi connectivity index (χ0v) is 10.6. The SMILES string of the molecule is CCOc1cncc(C(N)c2ccncc2C)c1. The number of rotatable bonds is 4. The quantitative estimate of drug-likeness (QED) is 0.894. The normalized spacial score (nSPS) is 12.2. The van der Waals surface area contributed by atoms with Crippen molar-refractivity contribution in [2.45, 2.75) is 19.9 Å². The van der Waals surface area contributed by atoms with Gasteiger partial charge >= 0.3 is 0 Å². The summed E-state index contributed by atoms with van der Waals surface area (Å²) < 4.78 is 5.43. The number of aryl methyl sites for hydroxylation is 1. The smallest absolute Gasteiger partial charge is 0.137 e. The molecule has 0 fully saturated rings. The van der Waals surface area contributed by atoms with E-state index in [-0.39, 0.29) is 6.04 Å². The lowest BCUT2D eigenvalue weighted by Gasteiger charge is -2.15. The van der Waals surface area contributed by atoms with Gasteiger partial charge in [-0.3, -0.25) is 9.97 Å². The Balaban J connectivity index is 2.31. The molecule has 0 amide bonds. The zero-order valence-electron chi connectivity index (χ0n) is 10.6. The Labute approximate surface area is 107 Å². The van der Waals surface area contributed by atoms with Crippen molar-refractivity contribution in [2.75, 3.05) is 6.61 Å². The molecular weight excluding hydrogens is 226 g/mol. The first-order valence-corrected chi connectivity index (χ1v) is 5.96. The van der Waals surface area contributed by atoms with Crippen molar-refractivity contribution < 1.29 is 4.74 Å². The van der Waals surface area contributed by atoms with E-state index in [0.29, 0.717) is 6.61 Å². The van der Waals surface area contributed by atoms with Gasteiger partial charge in [0.1, 0.15) is 5.75 Å². The Morgan fingerprint density at radius 1 is 1.28 bits per heavy atom. The van der Waals surface area contributed by atoms with Gasteiger partial charge in [-0.1, -0.05) is 0 Å². The molecular formula is C14H17N3O. The molecule has 0 bridgehead atoms. The Kier molecular flexibility index (Phi) is 3.89. The van der Waals surface area contributed by atoms with E-state index in [2.05, 4.69) is 9.97 Å². The minimum Gasteiger partial charge on any atom is -0.492 e. The topological polar surface area (TPSA) is 61.0 Å². The fourth-order valence-corrected chi connectivity index (χ4v) is 1.86.